The second-order valence-electron chi connectivity index (χ2n) is 4.73. The summed E-state index contributed by atoms with van der Waals surface area (Å²) in [6.07, 6.45) is 0.682. The Morgan fingerprint density at radius 3 is 2.50 bits per heavy atom. The minimum Gasteiger partial charge on any atom is -0.375 e. The smallest absolute Gasteiger partial charge is 0.237 e. The summed E-state index contributed by atoms with van der Waals surface area (Å²) in [4.78, 5) is 13.6. The second-order valence-corrected chi connectivity index (χ2v) is 4.73. The molecule has 1 amide bonds. The maximum atomic E-state index is 11.5. The normalized spacial score (nSPS) is 13.9. The highest BCUT2D eigenvalue weighted by molar-refractivity contribution is 5.84. The number of para-hydroxylation sites is 1. The van der Waals surface area contributed by atoms with Gasteiger partial charge in [0.05, 0.1) is 5.54 Å². The fourth-order valence-corrected chi connectivity index (χ4v) is 1.89. The molecule has 3 N–H and O–H groups in total. The van der Waals surface area contributed by atoms with Gasteiger partial charge in [0.15, 0.2) is 0 Å². The number of anilines is 1. The summed E-state index contributed by atoms with van der Waals surface area (Å²) >= 11 is 0. The van der Waals surface area contributed by atoms with Crippen LogP contribution >= 0.6 is 0 Å². The van der Waals surface area contributed by atoms with Crippen LogP contribution in [0.15, 0.2) is 30.3 Å². The number of carbonyl (C=O) groups is 1. The Balaban J connectivity index is 2.60. The van der Waals surface area contributed by atoms with Crippen LogP contribution in [0.3, 0.4) is 0 Å². The molecule has 4 heteroatoms. The lowest BCUT2D eigenvalue weighted by Gasteiger charge is -2.30. The van der Waals surface area contributed by atoms with Gasteiger partial charge in [0, 0.05) is 19.3 Å². The first-order valence-electron chi connectivity index (χ1n) is 6.30. The molecule has 1 aromatic carbocycles. The summed E-state index contributed by atoms with van der Waals surface area (Å²) in [5.74, 6) is -0.300. The molecule has 0 saturated heterocycles. The monoisotopic (exact) mass is 249 g/mol. The van der Waals surface area contributed by atoms with E-state index in [1.165, 1.54) is 0 Å². The first kappa shape index (κ1) is 14.5. The van der Waals surface area contributed by atoms with Crippen LogP contribution in [0.4, 0.5) is 5.69 Å². The molecule has 1 rings (SSSR count). The van der Waals surface area contributed by atoms with Gasteiger partial charge in [-0.05, 0) is 32.0 Å². The zero-order chi connectivity index (χ0) is 13.6. The Labute approximate surface area is 109 Å². The molecule has 0 aliphatic heterocycles. The van der Waals surface area contributed by atoms with Crippen molar-refractivity contribution < 1.29 is 4.79 Å². The van der Waals surface area contributed by atoms with E-state index in [-0.39, 0.29) is 5.91 Å². The summed E-state index contributed by atoms with van der Waals surface area (Å²) in [7, 11) is 2.02. The van der Waals surface area contributed by atoms with Gasteiger partial charge < -0.3 is 16.0 Å². The molecule has 0 saturated carbocycles. The van der Waals surface area contributed by atoms with Crippen LogP contribution in [0.25, 0.3) is 0 Å². The van der Waals surface area contributed by atoms with E-state index in [9.17, 15) is 4.79 Å². The molecule has 0 heterocycles. The second kappa shape index (κ2) is 6.40. The van der Waals surface area contributed by atoms with Gasteiger partial charge in [-0.15, -0.1) is 0 Å². The third kappa shape index (κ3) is 3.74. The standard InChI is InChI=1S/C14H23N3O/c1-4-16-14(2,13(15)18)10-11-17(3)12-8-6-5-7-9-12/h5-9,16H,4,10-11H2,1-3H3,(H2,15,18). The SMILES string of the molecule is CCNC(C)(CCN(C)c1ccccc1)C(N)=O. The van der Waals surface area contributed by atoms with Crippen LogP contribution in [0.5, 0.6) is 0 Å². The average molecular weight is 249 g/mol. The van der Waals surface area contributed by atoms with Gasteiger partial charge in [-0.25, -0.2) is 0 Å². The molecular weight excluding hydrogens is 226 g/mol. The number of hydrogen-bond donors (Lipinski definition) is 2. The van der Waals surface area contributed by atoms with Crippen molar-refractivity contribution >= 4 is 11.6 Å². The summed E-state index contributed by atoms with van der Waals surface area (Å²) < 4.78 is 0. The largest absolute Gasteiger partial charge is 0.375 e. The highest BCUT2D eigenvalue weighted by Crippen LogP contribution is 2.15. The molecular formula is C14H23N3O. The number of nitrogens with zero attached hydrogens (tertiary/aromatic N) is 1. The number of benzene rings is 1. The van der Waals surface area contributed by atoms with E-state index in [2.05, 4.69) is 22.3 Å². The number of nitrogens with two attached hydrogens (primary N) is 1. The summed E-state index contributed by atoms with van der Waals surface area (Å²) in [6, 6.07) is 10.1. The quantitative estimate of drug-likeness (QED) is 0.767. The van der Waals surface area contributed by atoms with Gasteiger partial charge in [0.2, 0.25) is 5.91 Å². The summed E-state index contributed by atoms with van der Waals surface area (Å²) in [6.45, 7) is 5.34. The fraction of sp³-hybridized carbons (Fsp3) is 0.500. The van der Waals surface area contributed by atoms with E-state index in [0.29, 0.717) is 6.42 Å². The van der Waals surface area contributed by atoms with Crippen molar-refractivity contribution in [3.05, 3.63) is 30.3 Å². The molecule has 0 fully saturated rings. The van der Waals surface area contributed by atoms with Crippen molar-refractivity contribution in [3.63, 3.8) is 0 Å². The predicted molar refractivity (Wildman–Crippen MR) is 75.6 cm³/mol. The van der Waals surface area contributed by atoms with E-state index in [0.717, 1.165) is 18.8 Å². The predicted octanol–water partition coefficient (Wildman–Crippen LogP) is 1.37. The highest BCUT2D eigenvalue weighted by Gasteiger charge is 2.29. The van der Waals surface area contributed by atoms with E-state index in [1.807, 2.05) is 39.1 Å². The Morgan fingerprint density at radius 1 is 1.39 bits per heavy atom. The van der Waals surface area contributed by atoms with Crippen LogP contribution in [-0.2, 0) is 4.79 Å². The first-order chi connectivity index (χ1) is 8.49. The number of primary amides is 1. The van der Waals surface area contributed by atoms with Gasteiger partial charge in [0.25, 0.3) is 0 Å². The van der Waals surface area contributed by atoms with Crippen LogP contribution in [0.1, 0.15) is 20.3 Å². The lowest BCUT2D eigenvalue weighted by molar-refractivity contribution is -0.123. The van der Waals surface area contributed by atoms with E-state index < -0.39 is 5.54 Å². The lowest BCUT2D eigenvalue weighted by Crippen LogP contribution is -2.54. The number of likely N-dealkylation sites (N-methyl/N-ethyl adjacent to an activating group) is 1. The molecule has 0 aliphatic rings. The first-order valence-corrected chi connectivity index (χ1v) is 6.30. The molecule has 1 unspecified atom stereocenters. The van der Waals surface area contributed by atoms with Crippen LogP contribution in [0, 0.1) is 0 Å². The summed E-state index contributed by atoms with van der Waals surface area (Å²) in [5, 5.41) is 3.16. The molecule has 0 spiro atoms. The number of nitrogens with one attached hydrogen (secondary N) is 1. The average Bonchev–Trinajstić information content (AvgIpc) is 2.37. The van der Waals surface area contributed by atoms with Gasteiger partial charge in [0.1, 0.15) is 0 Å². The molecule has 18 heavy (non-hydrogen) atoms. The Hall–Kier alpha value is -1.55. The van der Waals surface area contributed by atoms with Gasteiger partial charge >= 0.3 is 0 Å². The Kier molecular flexibility index (Phi) is 5.16. The topological polar surface area (TPSA) is 58.4 Å². The Bertz CT molecular complexity index is 380. The molecule has 0 radical (unpaired) electrons. The van der Waals surface area contributed by atoms with Crippen molar-refractivity contribution in [1.82, 2.24) is 5.32 Å². The van der Waals surface area contributed by atoms with E-state index >= 15 is 0 Å². The molecule has 1 atom stereocenters. The minimum absolute atomic E-state index is 0.300. The molecule has 1 aromatic rings. The number of hydrogen-bond acceptors (Lipinski definition) is 3. The van der Waals surface area contributed by atoms with Crippen LogP contribution in [-0.4, -0.2) is 31.6 Å². The third-order valence-corrected chi connectivity index (χ3v) is 3.25. The van der Waals surface area contributed by atoms with Crippen molar-refractivity contribution in [2.75, 3.05) is 25.0 Å². The maximum Gasteiger partial charge on any atom is 0.237 e. The molecule has 4 nitrogen and oxygen atoms in total. The minimum atomic E-state index is -0.641. The fourth-order valence-electron chi connectivity index (χ4n) is 1.89. The third-order valence-electron chi connectivity index (χ3n) is 3.25. The van der Waals surface area contributed by atoms with Crippen molar-refractivity contribution in [2.24, 2.45) is 5.73 Å². The molecule has 0 aromatic heterocycles. The lowest BCUT2D eigenvalue weighted by atomic mass is 9.96. The zero-order valence-electron chi connectivity index (χ0n) is 11.4. The van der Waals surface area contributed by atoms with Gasteiger partial charge in [-0.3, -0.25) is 4.79 Å². The maximum absolute atomic E-state index is 11.5. The summed E-state index contributed by atoms with van der Waals surface area (Å²) in [5.41, 5.74) is 5.96. The van der Waals surface area contributed by atoms with Crippen molar-refractivity contribution in [3.8, 4) is 0 Å². The van der Waals surface area contributed by atoms with E-state index in [1.54, 1.807) is 0 Å². The van der Waals surface area contributed by atoms with Gasteiger partial charge in [-0.1, -0.05) is 25.1 Å². The molecule has 0 bridgehead atoms. The zero-order valence-corrected chi connectivity index (χ0v) is 11.4. The molecule has 0 aliphatic carbocycles. The number of amides is 1. The highest BCUT2D eigenvalue weighted by atomic mass is 16.1. The van der Waals surface area contributed by atoms with E-state index in [4.69, 9.17) is 5.73 Å². The number of carbonyl (C=O) groups excluding carboxylic acids is 1. The molecule has 100 valence electrons. The number of rotatable bonds is 7. The van der Waals surface area contributed by atoms with Crippen molar-refractivity contribution in [1.29, 1.82) is 0 Å². The van der Waals surface area contributed by atoms with Crippen molar-refractivity contribution in [2.45, 2.75) is 25.8 Å². The Morgan fingerprint density at radius 2 is 2.00 bits per heavy atom. The van der Waals surface area contributed by atoms with Crippen LogP contribution < -0.4 is 16.0 Å². The van der Waals surface area contributed by atoms with Crippen LogP contribution in [0.2, 0.25) is 0 Å². The van der Waals surface area contributed by atoms with Gasteiger partial charge in [-0.2, -0.15) is 0 Å².